The lowest BCUT2D eigenvalue weighted by atomic mass is 10.1. The minimum absolute atomic E-state index is 0.250. The van der Waals surface area contributed by atoms with Gasteiger partial charge in [-0.3, -0.25) is 9.59 Å². The quantitative estimate of drug-likeness (QED) is 0.891. The number of aromatic amines is 1. The number of hydrogen-bond acceptors (Lipinski definition) is 3. The van der Waals surface area contributed by atoms with Crippen LogP contribution in [0.5, 0.6) is 0 Å². The van der Waals surface area contributed by atoms with Gasteiger partial charge in [0.05, 0.1) is 12.1 Å². The third-order valence-corrected chi connectivity index (χ3v) is 2.71. The summed E-state index contributed by atoms with van der Waals surface area (Å²) in [5.74, 6) is -0.582. The Morgan fingerprint density at radius 1 is 1.32 bits per heavy atom. The highest BCUT2D eigenvalue weighted by molar-refractivity contribution is 6.30. The largest absolute Gasteiger partial charge is 0.481 e. The molecule has 0 bridgehead atoms. The van der Waals surface area contributed by atoms with Gasteiger partial charge in [0.2, 0.25) is 0 Å². The Bertz CT molecular complexity index is 650. The SMILES string of the molecule is O=C(O)Cc1cc(=O)[nH]c(Cc2ccc(Cl)cc2)n1. The number of benzene rings is 1. The van der Waals surface area contributed by atoms with E-state index in [1.165, 1.54) is 6.07 Å². The van der Waals surface area contributed by atoms with Crippen molar-refractivity contribution in [1.29, 1.82) is 0 Å². The van der Waals surface area contributed by atoms with E-state index in [2.05, 4.69) is 9.97 Å². The molecule has 1 heterocycles. The lowest BCUT2D eigenvalue weighted by Gasteiger charge is -2.03. The smallest absolute Gasteiger partial charge is 0.309 e. The van der Waals surface area contributed by atoms with E-state index in [1.54, 1.807) is 12.1 Å². The Hall–Kier alpha value is -2.14. The zero-order valence-corrected chi connectivity index (χ0v) is 10.6. The van der Waals surface area contributed by atoms with Crippen LogP contribution in [0.1, 0.15) is 17.1 Å². The third-order valence-electron chi connectivity index (χ3n) is 2.46. The van der Waals surface area contributed by atoms with E-state index in [0.29, 0.717) is 17.3 Å². The predicted octanol–water partition coefficient (Wildman–Crippen LogP) is 1.64. The molecule has 0 saturated carbocycles. The number of nitrogens with one attached hydrogen (secondary N) is 1. The molecule has 0 unspecified atom stereocenters. The molecule has 0 atom stereocenters. The summed E-state index contributed by atoms with van der Waals surface area (Å²) < 4.78 is 0. The fourth-order valence-electron chi connectivity index (χ4n) is 1.69. The summed E-state index contributed by atoms with van der Waals surface area (Å²) in [7, 11) is 0. The highest BCUT2D eigenvalue weighted by Gasteiger charge is 2.06. The first-order chi connectivity index (χ1) is 9.02. The molecule has 19 heavy (non-hydrogen) atoms. The Balaban J connectivity index is 2.24. The first-order valence-electron chi connectivity index (χ1n) is 5.58. The number of aliphatic carboxylic acids is 1. The van der Waals surface area contributed by atoms with Crippen molar-refractivity contribution in [2.45, 2.75) is 12.8 Å². The van der Waals surface area contributed by atoms with Crippen molar-refractivity contribution in [3.8, 4) is 0 Å². The molecule has 5 nitrogen and oxygen atoms in total. The van der Waals surface area contributed by atoms with Gasteiger partial charge in [-0.25, -0.2) is 4.98 Å². The molecule has 0 saturated heterocycles. The Morgan fingerprint density at radius 3 is 2.63 bits per heavy atom. The van der Waals surface area contributed by atoms with Crippen LogP contribution < -0.4 is 5.56 Å². The fourth-order valence-corrected chi connectivity index (χ4v) is 1.81. The fraction of sp³-hybridized carbons (Fsp3) is 0.154. The van der Waals surface area contributed by atoms with Crippen LogP contribution in [-0.4, -0.2) is 21.0 Å². The Kier molecular flexibility index (Phi) is 3.97. The van der Waals surface area contributed by atoms with Gasteiger partial charge < -0.3 is 10.1 Å². The molecular weight excluding hydrogens is 268 g/mol. The van der Waals surface area contributed by atoms with Gasteiger partial charge in [0, 0.05) is 17.5 Å². The first-order valence-corrected chi connectivity index (χ1v) is 5.96. The molecular formula is C13H11ClN2O3. The Morgan fingerprint density at radius 2 is 2.00 bits per heavy atom. The number of rotatable bonds is 4. The van der Waals surface area contributed by atoms with Gasteiger partial charge in [-0.1, -0.05) is 23.7 Å². The van der Waals surface area contributed by atoms with E-state index in [-0.39, 0.29) is 17.7 Å². The number of carboxylic acids is 1. The van der Waals surface area contributed by atoms with Crippen LogP contribution in [0, 0.1) is 0 Å². The molecule has 0 spiro atoms. The average molecular weight is 279 g/mol. The molecule has 0 amide bonds. The summed E-state index contributed by atoms with van der Waals surface area (Å²) in [6, 6.07) is 8.34. The summed E-state index contributed by atoms with van der Waals surface area (Å²) in [5, 5.41) is 9.33. The maximum absolute atomic E-state index is 11.4. The average Bonchev–Trinajstić information content (AvgIpc) is 2.30. The van der Waals surface area contributed by atoms with E-state index in [0.717, 1.165) is 5.56 Å². The van der Waals surface area contributed by atoms with Crippen LogP contribution in [0.3, 0.4) is 0 Å². The van der Waals surface area contributed by atoms with Gasteiger partial charge >= 0.3 is 5.97 Å². The minimum atomic E-state index is -1.02. The topological polar surface area (TPSA) is 83.0 Å². The van der Waals surface area contributed by atoms with Gasteiger partial charge in [0.15, 0.2) is 0 Å². The van der Waals surface area contributed by atoms with Crippen LogP contribution in [-0.2, 0) is 17.6 Å². The number of carboxylic acid groups (broad SMARTS) is 1. The number of aromatic nitrogens is 2. The van der Waals surface area contributed by atoms with Gasteiger partial charge in [0.25, 0.3) is 5.56 Å². The van der Waals surface area contributed by atoms with Crippen molar-refractivity contribution in [3.63, 3.8) is 0 Å². The van der Waals surface area contributed by atoms with E-state index in [4.69, 9.17) is 16.7 Å². The number of halogens is 1. The standard InChI is InChI=1S/C13H11ClN2O3/c14-9-3-1-8(2-4-9)5-11-15-10(7-13(18)19)6-12(17)16-11/h1-4,6H,5,7H2,(H,18,19)(H,15,16,17). The third kappa shape index (κ3) is 3.93. The number of carbonyl (C=O) groups is 1. The van der Waals surface area contributed by atoms with Gasteiger partial charge in [0.1, 0.15) is 5.82 Å². The number of nitrogens with zero attached hydrogens (tertiary/aromatic N) is 1. The molecule has 98 valence electrons. The van der Waals surface area contributed by atoms with E-state index in [9.17, 15) is 9.59 Å². The molecule has 2 N–H and O–H groups in total. The summed E-state index contributed by atoms with van der Waals surface area (Å²) in [4.78, 5) is 28.8. The van der Waals surface area contributed by atoms with Crippen molar-refractivity contribution < 1.29 is 9.90 Å². The monoisotopic (exact) mass is 278 g/mol. The van der Waals surface area contributed by atoms with Gasteiger partial charge in [-0.05, 0) is 17.7 Å². The molecule has 0 radical (unpaired) electrons. The van der Waals surface area contributed by atoms with Crippen LogP contribution in [0.25, 0.3) is 0 Å². The van der Waals surface area contributed by atoms with E-state index >= 15 is 0 Å². The van der Waals surface area contributed by atoms with Crippen LogP contribution in [0.2, 0.25) is 5.02 Å². The number of hydrogen-bond donors (Lipinski definition) is 2. The van der Waals surface area contributed by atoms with Crippen molar-refractivity contribution in [2.75, 3.05) is 0 Å². The van der Waals surface area contributed by atoms with Crippen molar-refractivity contribution in [3.05, 3.63) is 62.8 Å². The van der Waals surface area contributed by atoms with Crippen LogP contribution >= 0.6 is 11.6 Å². The lowest BCUT2D eigenvalue weighted by molar-refractivity contribution is -0.136. The molecule has 6 heteroatoms. The molecule has 0 aliphatic heterocycles. The lowest BCUT2D eigenvalue weighted by Crippen LogP contribution is -2.15. The summed E-state index contributed by atoms with van der Waals surface area (Å²) in [5.41, 5.74) is 0.829. The molecule has 0 aliphatic rings. The zero-order valence-electron chi connectivity index (χ0n) is 9.89. The summed E-state index contributed by atoms with van der Waals surface area (Å²) in [6.07, 6.45) is 0.150. The van der Waals surface area contributed by atoms with Crippen molar-refractivity contribution in [1.82, 2.24) is 9.97 Å². The van der Waals surface area contributed by atoms with Crippen LogP contribution in [0.4, 0.5) is 0 Å². The molecule has 0 fully saturated rings. The second-order valence-electron chi connectivity index (χ2n) is 4.06. The van der Waals surface area contributed by atoms with Crippen LogP contribution in [0.15, 0.2) is 35.1 Å². The highest BCUT2D eigenvalue weighted by atomic mass is 35.5. The second-order valence-corrected chi connectivity index (χ2v) is 4.49. The number of H-pyrrole nitrogens is 1. The maximum atomic E-state index is 11.4. The van der Waals surface area contributed by atoms with Gasteiger partial charge in [-0.15, -0.1) is 0 Å². The normalized spacial score (nSPS) is 10.4. The minimum Gasteiger partial charge on any atom is -0.481 e. The summed E-state index contributed by atoms with van der Waals surface area (Å²) in [6.45, 7) is 0. The van der Waals surface area contributed by atoms with Crippen molar-refractivity contribution >= 4 is 17.6 Å². The molecule has 2 aromatic rings. The Labute approximate surface area is 113 Å². The molecule has 0 aliphatic carbocycles. The first kappa shape index (κ1) is 13.3. The van der Waals surface area contributed by atoms with Gasteiger partial charge in [-0.2, -0.15) is 0 Å². The molecule has 1 aromatic carbocycles. The molecule has 1 aromatic heterocycles. The highest BCUT2D eigenvalue weighted by Crippen LogP contribution is 2.11. The molecule has 2 rings (SSSR count). The van der Waals surface area contributed by atoms with E-state index in [1.807, 2.05) is 12.1 Å². The maximum Gasteiger partial charge on any atom is 0.309 e. The predicted molar refractivity (Wildman–Crippen MR) is 70.5 cm³/mol. The van der Waals surface area contributed by atoms with Crippen molar-refractivity contribution in [2.24, 2.45) is 0 Å². The van der Waals surface area contributed by atoms with E-state index < -0.39 is 5.97 Å². The second kappa shape index (κ2) is 5.67. The zero-order chi connectivity index (χ0) is 13.8. The summed E-state index contributed by atoms with van der Waals surface area (Å²) >= 11 is 5.78.